The van der Waals surface area contributed by atoms with Gasteiger partial charge in [-0.25, -0.2) is 0 Å². The highest BCUT2D eigenvalue weighted by atomic mass is 35.5. The van der Waals surface area contributed by atoms with Gasteiger partial charge in [0.2, 0.25) is 0 Å². The number of rotatable bonds is 7. The monoisotopic (exact) mass is 423 g/mol. The minimum atomic E-state index is 0.0814. The number of fused-ring (bicyclic) bond motifs is 1. The highest BCUT2D eigenvalue weighted by Crippen LogP contribution is 2.38. The Morgan fingerprint density at radius 2 is 1.83 bits per heavy atom. The maximum Gasteiger partial charge on any atom is 0.161 e. The van der Waals surface area contributed by atoms with Crippen LogP contribution >= 0.6 is 11.6 Å². The van der Waals surface area contributed by atoms with Crippen molar-refractivity contribution in [1.82, 2.24) is 5.32 Å². The molecule has 4 nitrogen and oxygen atoms in total. The van der Waals surface area contributed by atoms with E-state index >= 15 is 0 Å². The van der Waals surface area contributed by atoms with Crippen LogP contribution in [0.3, 0.4) is 0 Å². The number of hydrogen-bond acceptors (Lipinski definition) is 4. The van der Waals surface area contributed by atoms with Crippen LogP contribution < -0.4 is 19.5 Å². The van der Waals surface area contributed by atoms with Crippen LogP contribution in [0.15, 0.2) is 60.7 Å². The molecule has 0 amide bonds. The standard InChI is InChI=1S/C25H26ClNO3/c1-3-29-24-15-22-18(14-23(24)28-2)11-12-27-25(22)19-5-4-6-21(13-19)30-16-17-7-9-20(26)10-8-17/h4-10,13-15,25,27H,3,11-12,16H2,1-2H3. The fraction of sp³-hybridized carbons (Fsp3) is 0.280. The van der Waals surface area contributed by atoms with Crippen molar-refractivity contribution in [1.29, 1.82) is 0 Å². The smallest absolute Gasteiger partial charge is 0.161 e. The number of methoxy groups -OCH3 is 1. The third-order valence-electron chi connectivity index (χ3n) is 5.29. The van der Waals surface area contributed by atoms with Gasteiger partial charge in [0.25, 0.3) is 0 Å². The van der Waals surface area contributed by atoms with Gasteiger partial charge >= 0.3 is 0 Å². The van der Waals surface area contributed by atoms with Crippen LogP contribution in [-0.2, 0) is 13.0 Å². The van der Waals surface area contributed by atoms with E-state index in [9.17, 15) is 0 Å². The lowest BCUT2D eigenvalue weighted by Gasteiger charge is -2.29. The van der Waals surface area contributed by atoms with Crippen molar-refractivity contribution in [3.8, 4) is 17.2 Å². The van der Waals surface area contributed by atoms with E-state index in [0.29, 0.717) is 13.2 Å². The summed E-state index contributed by atoms with van der Waals surface area (Å²) in [5, 5.41) is 4.37. The summed E-state index contributed by atoms with van der Waals surface area (Å²) in [5.74, 6) is 2.41. The lowest BCUT2D eigenvalue weighted by molar-refractivity contribution is 0.305. The summed E-state index contributed by atoms with van der Waals surface area (Å²) in [6.07, 6.45) is 0.960. The molecule has 1 atom stereocenters. The molecule has 1 heterocycles. The van der Waals surface area contributed by atoms with Gasteiger partial charge in [-0.1, -0.05) is 35.9 Å². The first kappa shape index (κ1) is 20.6. The van der Waals surface area contributed by atoms with Gasteiger partial charge < -0.3 is 19.5 Å². The average molecular weight is 424 g/mol. The van der Waals surface area contributed by atoms with Crippen molar-refractivity contribution in [3.63, 3.8) is 0 Å². The second-order valence-corrected chi connectivity index (χ2v) is 7.70. The fourth-order valence-corrected chi connectivity index (χ4v) is 3.95. The topological polar surface area (TPSA) is 39.7 Å². The molecule has 0 aliphatic carbocycles. The summed E-state index contributed by atoms with van der Waals surface area (Å²) in [7, 11) is 1.68. The molecule has 3 aromatic carbocycles. The van der Waals surface area contributed by atoms with E-state index in [2.05, 4.69) is 29.6 Å². The van der Waals surface area contributed by atoms with Crippen molar-refractivity contribution in [2.24, 2.45) is 0 Å². The van der Waals surface area contributed by atoms with E-state index in [1.807, 2.05) is 43.3 Å². The maximum atomic E-state index is 6.03. The van der Waals surface area contributed by atoms with E-state index in [0.717, 1.165) is 46.4 Å². The van der Waals surface area contributed by atoms with E-state index in [1.54, 1.807) is 7.11 Å². The Kier molecular flexibility index (Phi) is 6.46. The van der Waals surface area contributed by atoms with Gasteiger partial charge in [0.1, 0.15) is 12.4 Å². The van der Waals surface area contributed by atoms with Crippen molar-refractivity contribution >= 4 is 11.6 Å². The Labute approximate surface area is 182 Å². The summed E-state index contributed by atoms with van der Waals surface area (Å²) in [5.41, 5.74) is 4.75. The highest BCUT2D eigenvalue weighted by Gasteiger charge is 2.24. The van der Waals surface area contributed by atoms with Crippen LogP contribution in [0.2, 0.25) is 5.02 Å². The molecule has 1 unspecified atom stereocenters. The normalized spacial score (nSPS) is 15.4. The van der Waals surface area contributed by atoms with Crippen molar-refractivity contribution in [3.05, 3.63) is 87.9 Å². The van der Waals surface area contributed by atoms with Crippen molar-refractivity contribution in [2.45, 2.75) is 26.0 Å². The Balaban J connectivity index is 1.58. The van der Waals surface area contributed by atoms with Crippen LogP contribution in [0.5, 0.6) is 17.2 Å². The minimum Gasteiger partial charge on any atom is -0.493 e. The zero-order valence-electron chi connectivity index (χ0n) is 17.3. The number of halogens is 1. The van der Waals surface area contributed by atoms with Crippen LogP contribution in [0.25, 0.3) is 0 Å². The lowest BCUT2D eigenvalue weighted by Crippen LogP contribution is -2.30. The Hall–Kier alpha value is -2.69. The molecule has 1 aliphatic rings. The highest BCUT2D eigenvalue weighted by molar-refractivity contribution is 6.30. The molecule has 0 spiro atoms. The molecule has 0 bridgehead atoms. The van der Waals surface area contributed by atoms with Gasteiger partial charge in [-0.15, -0.1) is 0 Å². The van der Waals surface area contributed by atoms with Gasteiger partial charge in [-0.3, -0.25) is 0 Å². The van der Waals surface area contributed by atoms with E-state index in [-0.39, 0.29) is 6.04 Å². The first-order valence-electron chi connectivity index (χ1n) is 10.2. The zero-order chi connectivity index (χ0) is 20.9. The number of benzene rings is 3. The third-order valence-corrected chi connectivity index (χ3v) is 5.54. The SMILES string of the molecule is CCOc1cc2c(cc1OC)CCNC2c1cccc(OCc2ccc(Cl)cc2)c1. The van der Waals surface area contributed by atoms with Crippen molar-refractivity contribution < 1.29 is 14.2 Å². The molecule has 0 fully saturated rings. The van der Waals surface area contributed by atoms with Gasteiger partial charge in [-0.05, 0) is 72.0 Å². The summed E-state index contributed by atoms with van der Waals surface area (Å²) < 4.78 is 17.4. The Bertz CT molecular complexity index is 1000. The molecule has 4 rings (SSSR count). The fourth-order valence-electron chi connectivity index (χ4n) is 3.82. The Morgan fingerprint density at radius 1 is 1.00 bits per heavy atom. The van der Waals surface area contributed by atoms with Crippen molar-refractivity contribution in [2.75, 3.05) is 20.3 Å². The first-order valence-corrected chi connectivity index (χ1v) is 10.6. The van der Waals surface area contributed by atoms with Crippen LogP contribution in [0, 0.1) is 0 Å². The Morgan fingerprint density at radius 3 is 2.60 bits per heavy atom. The van der Waals surface area contributed by atoms with Gasteiger partial charge in [-0.2, -0.15) is 0 Å². The molecule has 0 saturated heterocycles. The number of hydrogen-bond donors (Lipinski definition) is 1. The summed E-state index contributed by atoms with van der Waals surface area (Å²) in [4.78, 5) is 0. The molecular weight excluding hydrogens is 398 g/mol. The molecule has 0 radical (unpaired) electrons. The molecule has 30 heavy (non-hydrogen) atoms. The van der Waals surface area contributed by atoms with E-state index < -0.39 is 0 Å². The molecule has 5 heteroatoms. The summed E-state index contributed by atoms with van der Waals surface area (Å²) in [6.45, 7) is 3.99. The van der Waals surface area contributed by atoms with Crippen LogP contribution in [-0.4, -0.2) is 20.3 Å². The largest absolute Gasteiger partial charge is 0.493 e. The molecule has 1 aliphatic heterocycles. The zero-order valence-corrected chi connectivity index (χ0v) is 18.0. The molecule has 0 saturated carbocycles. The second kappa shape index (κ2) is 9.41. The molecule has 3 aromatic rings. The summed E-state index contributed by atoms with van der Waals surface area (Å²) >= 11 is 5.96. The number of nitrogens with one attached hydrogen (secondary N) is 1. The van der Waals surface area contributed by atoms with Crippen LogP contribution in [0.1, 0.15) is 35.2 Å². The first-order chi connectivity index (χ1) is 14.7. The van der Waals surface area contributed by atoms with Gasteiger partial charge in [0.05, 0.1) is 19.8 Å². The lowest BCUT2D eigenvalue weighted by atomic mass is 9.89. The third kappa shape index (κ3) is 4.55. The van der Waals surface area contributed by atoms with Gasteiger partial charge in [0, 0.05) is 11.6 Å². The predicted octanol–water partition coefficient (Wildman–Crippen LogP) is 5.56. The molecule has 0 aromatic heterocycles. The average Bonchev–Trinajstić information content (AvgIpc) is 2.78. The van der Waals surface area contributed by atoms with E-state index in [1.165, 1.54) is 11.1 Å². The predicted molar refractivity (Wildman–Crippen MR) is 120 cm³/mol. The second-order valence-electron chi connectivity index (χ2n) is 7.26. The van der Waals surface area contributed by atoms with Gasteiger partial charge in [0.15, 0.2) is 11.5 Å². The van der Waals surface area contributed by atoms with Crippen LogP contribution in [0.4, 0.5) is 0 Å². The molecule has 1 N–H and O–H groups in total. The van der Waals surface area contributed by atoms with E-state index in [4.69, 9.17) is 25.8 Å². The molecule has 156 valence electrons. The quantitative estimate of drug-likeness (QED) is 0.540. The number of ether oxygens (including phenoxy) is 3. The maximum absolute atomic E-state index is 6.03. The molecular formula is C25H26ClNO3. The summed E-state index contributed by atoms with van der Waals surface area (Å²) in [6, 6.07) is 20.3. The minimum absolute atomic E-state index is 0.0814.